The van der Waals surface area contributed by atoms with E-state index in [0.29, 0.717) is 0 Å². The number of rotatable bonds is 1. The summed E-state index contributed by atoms with van der Waals surface area (Å²) in [4.78, 5) is 11.9. The molecule has 1 aliphatic heterocycles. The zero-order valence-electron chi connectivity index (χ0n) is 6.10. The average Bonchev–Trinajstić information content (AvgIpc) is 2.30. The van der Waals surface area contributed by atoms with Gasteiger partial charge in [-0.1, -0.05) is 11.8 Å². The molecule has 1 rings (SSSR count). The van der Waals surface area contributed by atoms with E-state index in [1.54, 1.807) is 0 Å². The first kappa shape index (κ1) is 9.88. The maximum Gasteiger partial charge on any atom is 0.264 e. The number of carbonyl (C=O) groups is 1. The zero-order valence-corrected chi connectivity index (χ0v) is 8.49. The van der Waals surface area contributed by atoms with Crippen molar-refractivity contribution >= 4 is 37.4 Å². The van der Waals surface area contributed by atoms with Crippen LogP contribution in [0.2, 0.25) is 0 Å². The fraction of sp³-hybridized carbons (Fsp3) is 0.400. The molecule has 12 heavy (non-hydrogen) atoms. The molecule has 0 fully saturated rings. The quantitative estimate of drug-likeness (QED) is 0.625. The Morgan fingerprint density at radius 3 is 2.58 bits per heavy atom. The van der Waals surface area contributed by atoms with Crippen molar-refractivity contribution in [2.45, 2.75) is 11.6 Å². The third-order valence-corrected chi connectivity index (χ3v) is 4.61. The molecule has 0 bridgehead atoms. The number of halogens is 1. The maximum atomic E-state index is 10.9. The van der Waals surface area contributed by atoms with Gasteiger partial charge in [0, 0.05) is 23.8 Å². The van der Waals surface area contributed by atoms with Crippen LogP contribution in [-0.2, 0) is 13.8 Å². The summed E-state index contributed by atoms with van der Waals surface area (Å²) in [5, 5.41) is 1.52. The lowest BCUT2D eigenvalue weighted by molar-refractivity contribution is -0.125. The Balaban J connectivity index is 2.90. The molecule has 0 aliphatic carbocycles. The Labute approximate surface area is 79.0 Å². The standard InChI is InChI=1S/C5H6ClNO3S2/c1-4(8)7-2-3-11-5(7)12(6,9)10/h2-3,5H,1H3. The van der Waals surface area contributed by atoms with Gasteiger partial charge in [-0.15, -0.1) is 0 Å². The highest BCUT2D eigenvalue weighted by Crippen LogP contribution is 2.31. The molecular formula is C5H6ClNO3S2. The average molecular weight is 228 g/mol. The van der Waals surface area contributed by atoms with Gasteiger partial charge in [0.15, 0.2) is 0 Å². The Kier molecular flexibility index (Phi) is 2.70. The van der Waals surface area contributed by atoms with Crippen molar-refractivity contribution in [3.63, 3.8) is 0 Å². The molecule has 1 aliphatic rings. The van der Waals surface area contributed by atoms with Crippen LogP contribution in [-0.4, -0.2) is 23.9 Å². The van der Waals surface area contributed by atoms with E-state index >= 15 is 0 Å². The number of hydrogen-bond acceptors (Lipinski definition) is 4. The largest absolute Gasteiger partial charge is 0.291 e. The summed E-state index contributed by atoms with van der Waals surface area (Å²) in [6.45, 7) is 1.28. The second-order valence-electron chi connectivity index (χ2n) is 2.13. The molecule has 0 radical (unpaired) electrons. The lowest BCUT2D eigenvalue weighted by atomic mass is 10.6. The van der Waals surface area contributed by atoms with Crippen LogP contribution in [0.4, 0.5) is 0 Å². The topological polar surface area (TPSA) is 54.5 Å². The summed E-state index contributed by atoms with van der Waals surface area (Å²) in [7, 11) is 1.38. The third kappa shape index (κ3) is 1.94. The van der Waals surface area contributed by atoms with Gasteiger partial charge in [-0.2, -0.15) is 0 Å². The molecule has 0 aromatic rings. The first-order valence-corrected chi connectivity index (χ1v) is 6.29. The predicted molar refractivity (Wildman–Crippen MR) is 47.8 cm³/mol. The molecule has 0 aromatic heterocycles. The van der Waals surface area contributed by atoms with Crippen LogP contribution in [0.15, 0.2) is 11.6 Å². The fourth-order valence-corrected chi connectivity index (χ4v) is 3.29. The molecule has 0 saturated heterocycles. The summed E-state index contributed by atoms with van der Waals surface area (Å²) in [6.07, 6.45) is 1.40. The van der Waals surface area contributed by atoms with Gasteiger partial charge in [0.1, 0.15) is 0 Å². The summed E-state index contributed by atoms with van der Waals surface area (Å²) in [5.74, 6) is -0.342. The second-order valence-corrected chi connectivity index (χ2v) is 6.11. The van der Waals surface area contributed by atoms with Gasteiger partial charge in [0.05, 0.1) is 0 Å². The van der Waals surface area contributed by atoms with Gasteiger partial charge in [-0.25, -0.2) is 8.42 Å². The molecule has 0 aromatic carbocycles. The van der Waals surface area contributed by atoms with Gasteiger partial charge < -0.3 is 0 Å². The Bertz CT molecular complexity index is 324. The summed E-state index contributed by atoms with van der Waals surface area (Å²) < 4.78 is 20.7. The SMILES string of the molecule is CC(=O)N1C=CSC1S(=O)(=O)Cl. The van der Waals surface area contributed by atoms with Crippen LogP contribution < -0.4 is 0 Å². The Hall–Kier alpha value is -0.200. The van der Waals surface area contributed by atoms with E-state index in [4.69, 9.17) is 10.7 Å². The minimum Gasteiger partial charge on any atom is -0.291 e. The number of amides is 1. The lowest BCUT2D eigenvalue weighted by Gasteiger charge is -2.17. The monoisotopic (exact) mass is 227 g/mol. The number of nitrogens with zero attached hydrogens (tertiary/aromatic N) is 1. The minimum atomic E-state index is -3.72. The van der Waals surface area contributed by atoms with Crippen LogP contribution in [0.3, 0.4) is 0 Å². The van der Waals surface area contributed by atoms with Gasteiger partial charge in [-0.3, -0.25) is 9.69 Å². The minimum absolute atomic E-state index is 0.342. The van der Waals surface area contributed by atoms with Crippen molar-refractivity contribution in [3.8, 4) is 0 Å². The normalized spacial score (nSPS) is 23.2. The van der Waals surface area contributed by atoms with E-state index in [1.165, 1.54) is 18.5 Å². The highest BCUT2D eigenvalue weighted by atomic mass is 35.7. The van der Waals surface area contributed by atoms with Crippen molar-refractivity contribution in [1.29, 1.82) is 0 Å². The smallest absolute Gasteiger partial charge is 0.264 e. The molecule has 0 spiro atoms. The van der Waals surface area contributed by atoms with Crippen molar-refractivity contribution in [2.24, 2.45) is 0 Å². The fourth-order valence-electron chi connectivity index (χ4n) is 0.759. The first-order chi connectivity index (χ1) is 5.43. The molecule has 68 valence electrons. The summed E-state index contributed by atoms with van der Waals surface area (Å²) in [6, 6.07) is 0. The van der Waals surface area contributed by atoms with Gasteiger partial charge in [0.2, 0.25) is 10.6 Å². The van der Waals surface area contributed by atoms with E-state index in [2.05, 4.69) is 0 Å². The van der Waals surface area contributed by atoms with E-state index in [9.17, 15) is 13.2 Å². The van der Waals surface area contributed by atoms with Crippen molar-refractivity contribution in [1.82, 2.24) is 4.90 Å². The van der Waals surface area contributed by atoms with Crippen molar-refractivity contribution in [2.75, 3.05) is 0 Å². The molecule has 1 amide bonds. The lowest BCUT2D eigenvalue weighted by Crippen LogP contribution is -2.33. The predicted octanol–water partition coefficient (Wildman–Crippen LogP) is 0.905. The number of thioether (sulfide) groups is 1. The van der Waals surface area contributed by atoms with E-state index in [-0.39, 0.29) is 5.91 Å². The third-order valence-electron chi connectivity index (χ3n) is 1.25. The van der Waals surface area contributed by atoms with Gasteiger partial charge >= 0.3 is 0 Å². The van der Waals surface area contributed by atoms with Crippen LogP contribution in [0, 0.1) is 0 Å². The summed E-state index contributed by atoms with van der Waals surface area (Å²) >= 11 is 0.990. The van der Waals surface area contributed by atoms with E-state index in [0.717, 1.165) is 16.7 Å². The Morgan fingerprint density at radius 2 is 2.25 bits per heavy atom. The molecule has 0 N–H and O–H groups in total. The molecule has 7 heteroatoms. The van der Waals surface area contributed by atoms with Crippen LogP contribution >= 0.6 is 22.4 Å². The van der Waals surface area contributed by atoms with Crippen molar-refractivity contribution in [3.05, 3.63) is 11.6 Å². The molecular weight excluding hydrogens is 222 g/mol. The maximum absolute atomic E-state index is 10.9. The van der Waals surface area contributed by atoms with Gasteiger partial charge in [-0.05, 0) is 5.41 Å². The zero-order chi connectivity index (χ0) is 9.35. The molecule has 1 atom stereocenters. The highest BCUT2D eigenvalue weighted by molar-refractivity contribution is 8.25. The molecule has 0 saturated carbocycles. The van der Waals surface area contributed by atoms with E-state index < -0.39 is 13.8 Å². The van der Waals surface area contributed by atoms with Crippen LogP contribution in [0.5, 0.6) is 0 Å². The van der Waals surface area contributed by atoms with E-state index in [1.807, 2.05) is 0 Å². The van der Waals surface area contributed by atoms with Crippen LogP contribution in [0.25, 0.3) is 0 Å². The van der Waals surface area contributed by atoms with Crippen LogP contribution in [0.1, 0.15) is 6.92 Å². The molecule has 4 nitrogen and oxygen atoms in total. The first-order valence-electron chi connectivity index (χ1n) is 2.97. The number of hydrogen-bond donors (Lipinski definition) is 0. The number of carbonyl (C=O) groups excluding carboxylic acids is 1. The van der Waals surface area contributed by atoms with Gasteiger partial charge in [0.25, 0.3) is 9.05 Å². The van der Waals surface area contributed by atoms with Crippen molar-refractivity contribution < 1.29 is 13.2 Å². The summed E-state index contributed by atoms with van der Waals surface area (Å²) in [5.41, 5.74) is 0. The Morgan fingerprint density at radius 1 is 1.67 bits per heavy atom. The highest BCUT2D eigenvalue weighted by Gasteiger charge is 2.33. The molecule has 1 heterocycles. The molecule has 1 unspecified atom stereocenters. The second kappa shape index (κ2) is 3.27.